The maximum Gasteiger partial charge on any atom is 0.262 e. The summed E-state index contributed by atoms with van der Waals surface area (Å²) in [6.45, 7) is -0.176. The minimum Gasteiger partial charge on any atom is -0.497 e. The number of methoxy groups -OCH3 is 1. The molecule has 30 heavy (non-hydrogen) atoms. The molecule has 1 aliphatic heterocycles. The molecule has 2 aliphatic rings. The van der Waals surface area contributed by atoms with E-state index in [1.807, 2.05) is 0 Å². The zero-order chi connectivity index (χ0) is 21.1. The zero-order valence-corrected chi connectivity index (χ0v) is 16.8. The van der Waals surface area contributed by atoms with Gasteiger partial charge in [-0.05, 0) is 55.3 Å². The third-order valence-corrected chi connectivity index (χ3v) is 5.57. The fourth-order valence-electron chi connectivity index (χ4n) is 4.03. The van der Waals surface area contributed by atoms with E-state index in [-0.39, 0.29) is 30.4 Å². The normalized spacial score (nSPS) is 16.4. The number of amides is 3. The van der Waals surface area contributed by atoms with Crippen LogP contribution in [-0.2, 0) is 4.79 Å². The van der Waals surface area contributed by atoms with E-state index in [0.717, 1.165) is 32.1 Å². The maximum atomic E-state index is 12.9. The van der Waals surface area contributed by atoms with Crippen LogP contribution in [0.2, 0.25) is 0 Å². The van der Waals surface area contributed by atoms with Gasteiger partial charge >= 0.3 is 0 Å². The van der Waals surface area contributed by atoms with Gasteiger partial charge in [0.2, 0.25) is 0 Å². The molecule has 0 radical (unpaired) electrons. The van der Waals surface area contributed by atoms with E-state index in [4.69, 9.17) is 9.47 Å². The summed E-state index contributed by atoms with van der Waals surface area (Å²) in [6.07, 6.45) is 4.94. The van der Waals surface area contributed by atoms with Crippen LogP contribution in [-0.4, -0.2) is 42.4 Å². The average molecular weight is 408 g/mol. The third kappa shape index (κ3) is 4.01. The molecule has 0 aromatic heterocycles. The SMILES string of the molecule is COc1ccc(OCC(=O)Nc2ccc3c(c2)C(=O)N(C2CCCCC2)C3=O)cc1. The van der Waals surface area contributed by atoms with Gasteiger partial charge in [0.15, 0.2) is 6.61 Å². The first-order valence-corrected chi connectivity index (χ1v) is 10.2. The predicted molar refractivity (Wildman–Crippen MR) is 111 cm³/mol. The summed E-state index contributed by atoms with van der Waals surface area (Å²) >= 11 is 0. The molecule has 1 heterocycles. The first kappa shape index (κ1) is 19.9. The first-order chi connectivity index (χ1) is 14.6. The minimum atomic E-state index is -0.355. The zero-order valence-electron chi connectivity index (χ0n) is 16.8. The fourth-order valence-corrected chi connectivity index (χ4v) is 4.03. The van der Waals surface area contributed by atoms with Gasteiger partial charge in [-0.1, -0.05) is 19.3 Å². The molecule has 0 spiro atoms. The Morgan fingerprint density at radius 1 is 0.967 bits per heavy atom. The summed E-state index contributed by atoms with van der Waals surface area (Å²) in [5, 5.41) is 2.72. The summed E-state index contributed by atoms with van der Waals surface area (Å²) in [4.78, 5) is 39.2. The van der Waals surface area contributed by atoms with Gasteiger partial charge in [0.05, 0.1) is 18.2 Å². The summed E-state index contributed by atoms with van der Waals surface area (Å²) in [5.41, 5.74) is 1.21. The van der Waals surface area contributed by atoms with Crippen molar-refractivity contribution >= 4 is 23.4 Å². The Bertz CT molecular complexity index is 964. The molecular weight excluding hydrogens is 384 g/mol. The van der Waals surface area contributed by atoms with Crippen molar-refractivity contribution in [3.63, 3.8) is 0 Å². The highest BCUT2D eigenvalue weighted by molar-refractivity contribution is 6.22. The summed E-state index contributed by atoms with van der Waals surface area (Å²) < 4.78 is 10.6. The molecule has 0 bridgehead atoms. The number of anilines is 1. The Morgan fingerprint density at radius 3 is 2.33 bits per heavy atom. The number of carbonyl (C=O) groups is 3. The van der Waals surface area contributed by atoms with Gasteiger partial charge in [-0.15, -0.1) is 0 Å². The molecule has 1 saturated carbocycles. The molecule has 2 aromatic carbocycles. The Morgan fingerprint density at radius 2 is 1.63 bits per heavy atom. The lowest BCUT2D eigenvalue weighted by Gasteiger charge is -2.29. The number of hydrogen-bond donors (Lipinski definition) is 1. The van der Waals surface area contributed by atoms with Crippen LogP contribution in [0.25, 0.3) is 0 Å². The second kappa shape index (κ2) is 8.57. The number of benzene rings is 2. The van der Waals surface area contributed by atoms with Crippen LogP contribution >= 0.6 is 0 Å². The standard InChI is InChI=1S/C23H24N2O5/c1-29-17-8-10-18(11-9-17)30-14-21(26)24-15-7-12-19-20(13-15)23(28)25(22(19)27)16-5-3-2-4-6-16/h7-13,16H,2-6,14H2,1H3,(H,24,26). The molecule has 1 N–H and O–H groups in total. The van der Waals surface area contributed by atoms with Crippen LogP contribution in [0.15, 0.2) is 42.5 Å². The highest BCUT2D eigenvalue weighted by atomic mass is 16.5. The molecule has 7 heteroatoms. The molecule has 1 fully saturated rings. The lowest BCUT2D eigenvalue weighted by atomic mass is 9.94. The molecule has 0 saturated heterocycles. The number of ether oxygens (including phenoxy) is 2. The van der Waals surface area contributed by atoms with E-state index in [0.29, 0.717) is 28.3 Å². The Labute approximate surface area is 175 Å². The molecular formula is C23H24N2O5. The van der Waals surface area contributed by atoms with E-state index in [2.05, 4.69) is 5.32 Å². The number of fused-ring (bicyclic) bond motifs is 1. The van der Waals surface area contributed by atoms with Gasteiger partial charge in [-0.25, -0.2) is 0 Å². The van der Waals surface area contributed by atoms with Crippen molar-refractivity contribution in [1.82, 2.24) is 4.90 Å². The number of hydrogen-bond acceptors (Lipinski definition) is 5. The second-order valence-electron chi connectivity index (χ2n) is 7.54. The van der Waals surface area contributed by atoms with Crippen molar-refractivity contribution in [1.29, 1.82) is 0 Å². The van der Waals surface area contributed by atoms with Crippen molar-refractivity contribution in [3.8, 4) is 11.5 Å². The fraction of sp³-hybridized carbons (Fsp3) is 0.348. The van der Waals surface area contributed by atoms with Gasteiger partial charge in [0.1, 0.15) is 11.5 Å². The molecule has 0 unspecified atom stereocenters. The Hall–Kier alpha value is -3.35. The number of carbonyl (C=O) groups excluding carboxylic acids is 3. The van der Waals surface area contributed by atoms with E-state index in [1.54, 1.807) is 49.6 Å². The van der Waals surface area contributed by atoms with E-state index in [1.165, 1.54) is 4.90 Å². The highest BCUT2D eigenvalue weighted by Crippen LogP contribution is 2.32. The van der Waals surface area contributed by atoms with E-state index in [9.17, 15) is 14.4 Å². The minimum absolute atomic E-state index is 0.0258. The van der Waals surface area contributed by atoms with Crippen LogP contribution in [0.4, 0.5) is 5.69 Å². The monoisotopic (exact) mass is 408 g/mol. The maximum absolute atomic E-state index is 12.9. The van der Waals surface area contributed by atoms with Gasteiger partial charge in [-0.2, -0.15) is 0 Å². The number of imide groups is 1. The Balaban J connectivity index is 1.39. The van der Waals surface area contributed by atoms with Gasteiger partial charge in [0, 0.05) is 11.7 Å². The van der Waals surface area contributed by atoms with Crippen molar-refractivity contribution < 1.29 is 23.9 Å². The lowest BCUT2D eigenvalue weighted by Crippen LogP contribution is -2.40. The van der Waals surface area contributed by atoms with Crippen LogP contribution in [0.1, 0.15) is 52.8 Å². The van der Waals surface area contributed by atoms with Gasteiger partial charge in [-0.3, -0.25) is 19.3 Å². The van der Waals surface area contributed by atoms with Crippen molar-refractivity contribution in [2.24, 2.45) is 0 Å². The van der Waals surface area contributed by atoms with Crippen LogP contribution < -0.4 is 14.8 Å². The second-order valence-corrected chi connectivity index (χ2v) is 7.54. The van der Waals surface area contributed by atoms with Crippen molar-refractivity contribution in [2.75, 3.05) is 19.0 Å². The average Bonchev–Trinajstić information content (AvgIpc) is 3.03. The molecule has 3 amide bonds. The molecule has 2 aromatic rings. The van der Waals surface area contributed by atoms with Gasteiger partial charge in [0.25, 0.3) is 17.7 Å². The number of nitrogens with zero attached hydrogens (tertiary/aromatic N) is 1. The van der Waals surface area contributed by atoms with Crippen molar-refractivity contribution in [2.45, 2.75) is 38.1 Å². The Kier molecular flexibility index (Phi) is 5.70. The van der Waals surface area contributed by atoms with Gasteiger partial charge < -0.3 is 14.8 Å². The topological polar surface area (TPSA) is 84.9 Å². The van der Waals surface area contributed by atoms with E-state index < -0.39 is 0 Å². The smallest absolute Gasteiger partial charge is 0.262 e. The molecule has 7 nitrogen and oxygen atoms in total. The number of rotatable bonds is 6. The molecule has 4 rings (SSSR count). The molecule has 156 valence electrons. The summed E-state index contributed by atoms with van der Waals surface area (Å²) in [6, 6.07) is 11.7. The summed E-state index contributed by atoms with van der Waals surface area (Å²) in [5.74, 6) is 0.386. The van der Waals surface area contributed by atoms with Crippen LogP contribution in [0, 0.1) is 0 Å². The molecule has 0 atom stereocenters. The molecule has 1 aliphatic carbocycles. The largest absolute Gasteiger partial charge is 0.497 e. The summed E-state index contributed by atoms with van der Waals surface area (Å²) in [7, 11) is 1.58. The van der Waals surface area contributed by atoms with Crippen LogP contribution in [0.5, 0.6) is 11.5 Å². The quantitative estimate of drug-likeness (QED) is 0.738. The predicted octanol–water partition coefficient (Wildman–Crippen LogP) is 3.64. The van der Waals surface area contributed by atoms with Crippen LogP contribution in [0.3, 0.4) is 0 Å². The lowest BCUT2D eigenvalue weighted by molar-refractivity contribution is -0.118. The first-order valence-electron chi connectivity index (χ1n) is 10.2. The third-order valence-electron chi connectivity index (χ3n) is 5.57. The number of nitrogens with one attached hydrogen (secondary N) is 1. The van der Waals surface area contributed by atoms with E-state index >= 15 is 0 Å². The highest BCUT2D eigenvalue weighted by Gasteiger charge is 2.40. The van der Waals surface area contributed by atoms with Crippen molar-refractivity contribution in [3.05, 3.63) is 53.6 Å².